The number of aromatic nitrogens is 2. The van der Waals surface area contributed by atoms with Crippen molar-refractivity contribution in [3.63, 3.8) is 0 Å². The zero-order valence-corrected chi connectivity index (χ0v) is 10.2. The summed E-state index contributed by atoms with van der Waals surface area (Å²) in [4.78, 5) is 11.9. The topological polar surface area (TPSA) is 53.0 Å². The van der Waals surface area contributed by atoms with Gasteiger partial charge in [0.05, 0.1) is 5.69 Å². The summed E-state index contributed by atoms with van der Waals surface area (Å²) in [7, 11) is 1.76. The molecule has 0 spiro atoms. The zero-order valence-electron chi connectivity index (χ0n) is 10.2. The van der Waals surface area contributed by atoms with Crippen molar-refractivity contribution in [2.24, 2.45) is 12.8 Å². The Morgan fingerprint density at radius 3 is 2.35 bits per heavy atom. The van der Waals surface area contributed by atoms with E-state index < -0.39 is 0 Å². The molecule has 0 atom stereocenters. The Morgan fingerprint density at radius 2 is 1.88 bits per heavy atom. The minimum atomic E-state index is -0.0194. The normalized spacial score (nSPS) is 10.8. The van der Waals surface area contributed by atoms with E-state index in [-0.39, 0.29) is 5.69 Å². The Kier molecular flexibility index (Phi) is 3.15. The fourth-order valence-electron chi connectivity index (χ4n) is 1.99. The Bertz CT molecular complexity index is 563. The van der Waals surface area contributed by atoms with Crippen LogP contribution in [0.3, 0.4) is 0 Å². The SMILES string of the molecule is Cc1cn(C)c(=O)n1-c1ccc(CCN)cc1. The molecule has 0 amide bonds. The molecule has 0 unspecified atom stereocenters. The van der Waals surface area contributed by atoms with Gasteiger partial charge in [-0.2, -0.15) is 0 Å². The second-order valence-corrected chi connectivity index (χ2v) is 4.20. The molecule has 90 valence electrons. The molecule has 0 radical (unpaired) electrons. The number of benzene rings is 1. The number of hydrogen-bond donors (Lipinski definition) is 1. The van der Waals surface area contributed by atoms with Gasteiger partial charge in [-0.1, -0.05) is 12.1 Å². The molecule has 1 aromatic carbocycles. The Labute approximate surface area is 100 Å². The average Bonchev–Trinajstić information content (AvgIpc) is 2.55. The summed E-state index contributed by atoms with van der Waals surface area (Å²) >= 11 is 0. The Hall–Kier alpha value is -1.81. The van der Waals surface area contributed by atoms with Gasteiger partial charge in [0.1, 0.15) is 0 Å². The lowest BCUT2D eigenvalue weighted by Crippen LogP contribution is -2.21. The van der Waals surface area contributed by atoms with Crippen LogP contribution in [0.2, 0.25) is 0 Å². The van der Waals surface area contributed by atoms with Crippen molar-refractivity contribution in [2.75, 3.05) is 6.54 Å². The van der Waals surface area contributed by atoms with Gasteiger partial charge < -0.3 is 10.3 Å². The lowest BCUT2D eigenvalue weighted by molar-refractivity contribution is 0.820. The quantitative estimate of drug-likeness (QED) is 0.856. The second kappa shape index (κ2) is 4.59. The maximum Gasteiger partial charge on any atom is 0.332 e. The van der Waals surface area contributed by atoms with Crippen molar-refractivity contribution in [1.82, 2.24) is 9.13 Å². The maximum atomic E-state index is 11.9. The molecule has 1 aromatic heterocycles. The van der Waals surface area contributed by atoms with Crippen LogP contribution in [-0.4, -0.2) is 15.7 Å². The maximum absolute atomic E-state index is 11.9. The highest BCUT2D eigenvalue weighted by Crippen LogP contribution is 2.10. The number of aryl methyl sites for hydroxylation is 2. The van der Waals surface area contributed by atoms with Gasteiger partial charge in [0.2, 0.25) is 0 Å². The zero-order chi connectivity index (χ0) is 12.4. The molecule has 0 saturated heterocycles. The van der Waals surface area contributed by atoms with Gasteiger partial charge in [-0.3, -0.25) is 4.57 Å². The van der Waals surface area contributed by atoms with Gasteiger partial charge in [-0.15, -0.1) is 0 Å². The van der Waals surface area contributed by atoms with Crippen molar-refractivity contribution in [2.45, 2.75) is 13.3 Å². The Morgan fingerprint density at radius 1 is 1.24 bits per heavy atom. The smallest absolute Gasteiger partial charge is 0.330 e. The number of hydrogen-bond acceptors (Lipinski definition) is 2. The summed E-state index contributed by atoms with van der Waals surface area (Å²) in [5.74, 6) is 0. The van der Waals surface area contributed by atoms with Crippen molar-refractivity contribution in [3.05, 3.63) is 52.2 Å². The van der Waals surface area contributed by atoms with E-state index in [1.54, 1.807) is 16.2 Å². The molecule has 0 fully saturated rings. The van der Waals surface area contributed by atoms with Crippen LogP contribution in [0.1, 0.15) is 11.3 Å². The van der Waals surface area contributed by atoms with Crippen molar-refractivity contribution >= 4 is 0 Å². The van der Waals surface area contributed by atoms with Crippen LogP contribution >= 0.6 is 0 Å². The molecule has 2 rings (SSSR count). The van der Waals surface area contributed by atoms with E-state index in [2.05, 4.69) is 0 Å². The summed E-state index contributed by atoms with van der Waals surface area (Å²) in [5, 5.41) is 0. The molecular weight excluding hydrogens is 214 g/mol. The van der Waals surface area contributed by atoms with E-state index >= 15 is 0 Å². The summed E-state index contributed by atoms with van der Waals surface area (Å²) in [6.07, 6.45) is 2.69. The first-order valence-electron chi connectivity index (χ1n) is 5.68. The molecule has 2 N–H and O–H groups in total. The standard InChI is InChI=1S/C13H17N3O/c1-10-9-15(2)13(17)16(10)12-5-3-11(4-6-12)7-8-14/h3-6,9H,7-8,14H2,1-2H3. The van der Waals surface area contributed by atoms with Crippen LogP contribution in [0.25, 0.3) is 5.69 Å². The lowest BCUT2D eigenvalue weighted by atomic mass is 10.1. The molecule has 1 heterocycles. The van der Waals surface area contributed by atoms with E-state index in [1.807, 2.05) is 37.4 Å². The monoisotopic (exact) mass is 231 g/mol. The molecule has 0 aliphatic heterocycles. The molecule has 0 saturated carbocycles. The molecule has 2 aromatic rings. The fraction of sp³-hybridized carbons (Fsp3) is 0.308. The Balaban J connectivity index is 2.43. The number of nitrogens with two attached hydrogens (primary N) is 1. The van der Waals surface area contributed by atoms with Crippen LogP contribution in [0.15, 0.2) is 35.3 Å². The van der Waals surface area contributed by atoms with Crippen LogP contribution in [0.4, 0.5) is 0 Å². The minimum Gasteiger partial charge on any atom is -0.330 e. The van der Waals surface area contributed by atoms with Crippen molar-refractivity contribution in [1.29, 1.82) is 0 Å². The number of nitrogens with zero attached hydrogens (tertiary/aromatic N) is 2. The highest BCUT2D eigenvalue weighted by molar-refractivity contribution is 5.36. The van der Waals surface area contributed by atoms with E-state index in [0.717, 1.165) is 17.8 Å². The number of imidazole rings is 1. The van der Waals surface area contributed by atoms with E-state index in [1.165, 1.54) is 5.56 Å². The third-order valence-corrected chi connectivity index (χ3v) is 2.85. The summed E-state index contributed by atoms with van der Waals surface area (Å²) < 4.78 is 3.29. The van der Waals surface area contributed by atoms with Gasteiger partial charge in [0, 0.05) is 18.9 Å². The molecule has 4 heteroatoms. The van der Waals surface area contributed by atoms with Gasteiger partial charge in [-0.05, 0) is 37.6 Å². The molecule has 17 heavy (non-hydrogen) atoms. The molecule has 0 aliphatic rings. The predicted octanol–water partition coefficient (Wildman–Crippen LogP) is 0.986. The van der Waals surface area contributed by atoms with Crippen LogP contribution < -0.4 is 11.4 Å². The van der Waals surface area contributed by atoms with Crippen molar-refractivity contribution < 1.29 is 0 Å². The third-order valence-electron chi connectivity index (χ3n) is 2.85. The van der Waals surface area contributed by atoms with Crippen LogP contribution in [0, 0.1) is 6.92 Å². The van der Waals surface area contributed by atoms with Gasteiger partial charge >= 0.3 is 5.69 Å². The fourth-order valence-corrected chi connectivity index (χ4v) is 1.99. The number of rotatable bonds is 3. The molecule has 0 aliphatic carbocycles. The minimum absolute atomic E-state index is 0.0194. The second-order valence-electron chi connectivity index (χ2n) is 4.20. The highest BCUT2D eigenvalue weighted by Gasteiger charge is 2.07. The van der Waals surface area contributed by atoms with E-state index in [4.69, 9.17) is 5.73 Å². The van der Waals surface area contributed by atoms with Crippen LogP contribution in [-0.2, 0) is 13.5 Å². The first-order chi connectivity index (χ1) is 8.13. The first-order valence-corrected chi connectivity index (χ1v) is 5.68. The molecule has 0 bridgehead atoms. The largest absolute Gasteiger partial charge is 0.332 e. The van der Waals surface area contributed by atoms with E-state index in [0.29, 0.717) is 6.54 Å². The summed E-state index contributed by atoms with van der Waals surface area (Å²) in [6.45, 7) is 2.57. The average molecular weight is 231 g/mol. The van der Waals surface area contributed by atoms with E-state index in [9.17, 15) is 4.79 Å². The third kappa shape index (κ3) is 2.17. The molecular formula is C13H17N3O. The highest BCUT2D eigenvalue weighted by atomic mass is 16.1. The summed E-state index contributed by atoms with van der Waals surface area (Å²) in [5.41, 5.74) is 8.51. The summed E-state index contributed by atoms with van der Waals surface area (Å²) in [6, 6.07) is 7.95. The van der Waals surface area contributed by atoms with Gasteiger partial charge in [0.15, 0.2) is 0 Å². The predicted molar refractivity (Wildman–Crippen MR) is 68.5 cm³/mol. The first kappa shape index (κ1) is 11.7. The van der Waals surface area contributed by atoms with Crippen molar-refractivity contribution in [3.8, 4) is 5.69 Å². The van der Waals surface area contributed by atoms with Crippen LogP contribution in [0.5, 0.6) is 0 Å². The van der Waals surface area contributed by atoms with Gasteiger partial charge in [0.25, 0.3) is 0 Å². The lowest BCUT2D eigenvalue weighted by Gasteiger charge is -2.05. The van der Waals surface area contributed by atoms with Gasteiger partial charge in [-0.25, -0.2) is 4.79 Å². The molecule has 4 nitrogen and oxygen atoms in total.